The van der Waals surface area contributed by atoms with Gasteiger partial charge in [0.25, 0.3) is 5.91 Å². The number of urea groups is 1. The van der Waals surface area contributed by atoms with Crippen molar-refractivity contribution in [3.05, 3.63) is 54.1 Å². The fourth-order valence-corrected chi connectivity index (χ4v) is 3.54. The Balaban J connectivity index is 1.78. The Morgan fingerprint density at radius 2 is 1.77 bits per heavy atom. The van der Waals surface area contributed by atoms with Gasteiger partial charge in [0.2, 0.25) is 10.0 Å². The van der Waals surface area contributed by atoms with Crippen LogP contribution in [-0.2, 0) is 14.8 Å². The van der Waals surface area contributed by atoms with Crippen LogP contribution in [0.5, 0.6) is 11.5 Å². The molecule has 1 aliphatic rings. The molecule has 3 N–H and O–H groups in total. The Labute approximate surface area is 150 Å². The number of carbonyl (C=O) groups is 2. The molecular formula is C17H17N3O5S. The van der Waals surface area contributed by atoms with Crippen molar-refractivity contribution in [1.29, 1.82) is 0 Å². The number of hydrogen-bond acceptors (Lipinski definition) is 5. The maximum absolute atomic E-state index is 12.6. The molecule has 26 heavy (non-hydrogen) atoms. The van der Waals surface area contributed by atoms with Crippen LogP contribution in [0.2, 0.25) is 0 Å². The summed E-state index contributed by atoms with van der Waals surface area (Å²) in [4.78, 5) is 22.6. The van der Waals surface area contributed by atoms with Crippen LogP contribution < -0.4 is 20.1 Å². The van der Waals surface area contributed by atoms with Crippen molar-refractivity contribution in [2.75, 3.05) is 6.54 Å². The predicted octanol–water partition coefficient (Wildman–Crippen LogP) is 1.27. The average Bonchev–Trinajstić information content (AvgIpc) is 2.93. The highest BCUT2D eigenvalue weighted by atomic mass is 32.2. The van der Waals surface area contributed by atoms with Crippen molar-refractivity contribution in [2.45, 2.75) is 17.9 Å². The van der Waals surface area contributed by atoms with E-state index in [1.54, 1.807) is 30.3 Å². The van der Waals surface area contributed by atoms with Crippen LogP contribution in [0.25, 0.3) is 0 Å². The van der Waals surface area contributed by atoms with Gasteiger partial charge in [-0.1, -0.05) is 29.8 Å². The average molecular weight is 375 g/mol. The first-order valence-corrected chi connectivity index (χ1v) is 9.28. The highest BCUT2D eigenvalue weighted by molar-refractivity contribution is 7.89. The van der Waals surface area contributed by atoms with E-state index in [-0.39, 0.29) is 17.2 Å². The van der Waals surface area contributed by atoms with Crippen LogP contribution in [-0.4, -0.2) is 32.9 Å². The van der Waals surface area contributed by atoms with E-state index < -0.39 is 28.0 Å². The van der Waals surface area contributed by atoms with Gasteiger partial charge in [0.1, 0.15) is 22.4 Å². The van der Waals surface area contributed by atoms with Crippen LogP contribution in [0.15, 0.2) is 53.4 Å². The Morgan fingerprint density at radius 1 is 1.08 bits per heavy atom. The molecule has 1 atom stereocenters. The monoisotopic (exact) mass is 375 g/mol. The SMILES string of the molecule is Cc1ccc(Oc2ccccc2S(=O)(=O)NCC2NC(=O)NC2=O)cc1. The molecule has 0 aliphatic carbocycles. The molecule has 0 saturated carbocycles. The molecule has 1 unspecified atom stereocenters. The summed E-state index contributed by atoms with van der Waals surface area (Å²) in [5.41, 5.74) is 1.05. The molecule has 9 heteroatoms. The first-order valence-electron chi connectivity index (χ1n) is 7.80. The maximum Gasteiger partial charge on any atom is 0.322 e. The second kappa shape index (κ2) is 7.14. The molecule has 136 valence electrons. The van der Waals surface area contributed by atoms with Gasteiger partial charge in [0.15, 0.2) is 0 Å². The summed E-state index contributed by atoms with van der Waals surface area (Å²) in [5.74, 6) is 0.0753. The highest BCUT2D eigenvalue weighted by Crippen LogP contribution is 2.28. The normalized spacial score (nSPS) is 16.9. The predicted molar refractivity (Wildman–Crippen MR) is 93.3 cm³/mol. The van der Waals surface area contributed by atoms with Gasteiger partial charge in [-0.05, 0) is 31.2 Å². The van der Waals surface area contributed by atoms with Gasteiger partial charge < -0.3 is 10.1 Å². The molecule has 3 amide bonds. The van der Waals surface area contributed by atoms with Crippen molar-refractivity contribution < 1.29 is 22.7 Å². The zero-order valence-electron chi connectivity index (χ0n) is 13.9. The minimum Gasteiger partial charge on any atom is -0.456 e. The van der Waals surface area contributed by atoms with Gasteiger partial charge in [-0.2, -0.15) is 0 Å². The molecule has 1 heterocycles. The number of rotatable bonds is 6. The molecule has 1 fully saturated rings. The summed E-state index contributed by atoms with van der Waals surface area (Å²) in [6.07, 6.45) is 0. The Kier molecular flexibility index (Phi) is 4.92. The summed E-state index contributed by atoms with van der Waals surface area (Å²) < 4.78 is 33.2. The minimum atomic E-state index is -3.95. The number of sulfonamides is 1. The number of nitrogens with one attached hydrogen (secondary N) is 3. The lowest BCUT2D eigenvalue weighted by atomic mass is 10.2. The van der Waals surface area contributed by atoms with Gasteiger partial charge in [-0.25, -0.2) is 17.9 Å². The van der Waals surface area contributed by atoms with E-state index in [1.807, 2.05) is 24.4 Å². The second-order valence-corrected chi connectivity index (χ2v) is 7.46. The largest absolute Gasteiger partial charge is 0.456 e. The van der Waals surface area contributed by atoms with Gasteiger partial charge >= 0.3 is 6.03 Å². The standard InChI is InChI=1S/C17H17N3O5S/c1-11-6-8-12(9-7-11)25-14-4-2-3-5-15(14)26(23,24)18-10-13-16(21)20-17(22)19-13/h2-9,13,18H,10H2,1H3,(H2,19,20,21,22). The van der Waals surface area contributed by atoms with Gasteiger partial charge in [-0.3, -0.25) is 10.1 Å². The molecule has 8 nitrogen and oxygen atoms in total. The molecule has 2 aromatic carbocycles. The van der Waals surface area contributed by atoms with E-state index in [9.17, 15) is 18.0 Å². The van der Waals surface area contributed by atoms with E-state index >= 15 is 0 Å². The molecule has 0 bridgehead atoms. The van der Waals surface area contributed by atoms with Crippen molar-refractivity contribution in [2.24, 2.45) is 0 Å². The summed E-state index contributed by atoms with van der Waals surface area (Å²) in [6.45, 7) is 1.67. The number of amides is 3. The Morgan fingerprint density at radius 3 is 2.42 bits per heavy atom. The topological polar surface area (TPSA) is 114 Å². The van der Waals surface area contributed by atoms with Crippen LogP contribution >= 0.6 is 0 Å². The molecule has 1 aliphatic heterocycles. The number of imide groups is 1. The van der Waals surface area contributed by atoms with Crippen LogP contribution in [0.4, 0.5) is 4.79 Å². The number of para-hydroxylation sites is 1. The maximum atomic E-state index is 12.6. The van der Waals surface area contributed by atoms with Crippen molar-refractivity contribution >= 4 is 22.0 Å². The fraction of sp³-hybridized carbons (Fsp3) is 0.176. The third-order valence-corrected chi connectivity index (χ3v) is 5.19. The molecule has 2 aromatic rings. The number of carbonyl (C=O) groups excluding carboxylic acids is 2. The van der Waals surface area contributed by atoms with Gasteiger partial charge in [-0.15, -0.1) is 0 Å². The smallest absolute Gasteiger partial charge is 0.322 e. The van der Waals surface area contributed by atoms with E-state index in [1.165, 1.54) is 6.07 Å². The van der Waals surface area contributed by atoms with Crippen molar-refractivity contribution in [3.63, 3.8) is 0 Å². The van der Waals surface area contributed by atoms with Gasteiger partial charge in [0, 0.05) is 6.54 Å². The fourth-order valence-electron chi connectivity index (χ4n) is 2.36. The minimum absolute atomic E-state index is 0.0645. The molecule has 0 aromatic heterocycles. The van der Waals surface area contributed by atoms with Gasteiger partial charge in [0.05, 0.1) is 0 Å². The first-order chi connectivity index (χ1) is 12.3. The summed E-state index contributed by atoms with van der Waals surface area (Å²) in [7, 11) is -3.95. The lowest BCUT2D eigenvalue weighted by Gasteiger charge is -2.14. The summed E-state index contributed by atoms with van der Waals surface area (Å²) in [6, 6.07) is 11.8. The lowest BCUT2D eigenvalue weighted by Crippen LogP contribution is -2.41. The van der Waals surface area contributed by atoms with E-state index in [0.29, 0.717) is 5.75 Å². The van der Waals surface area contributed by atoms with E-state index in [0.717, 1.165) is 5.56 Å². The molecule has 1 saturated heterocycles. The van der Waals surface area contributed by atoms with Crippen LogP contribution in [0.1, 0.15) is 5.56 Å². The summed E-state index contributed by atoms with van der Waals surface area (Å²) in [5, 5.41) is 4.37. The molecule has 3 rings (SSSR count). The number of benzene rings is 2. The quantitative estimate of drug-likeness (QED) is 0.658. The van der Waals surface area contributed by atoms with Crippen LogP contribution in [0, 0.1) is 6.92 Å². The first kappa shape index (κ1) is 17.9. The second-order valence-electron chi connectivity index (χ2n) is 5.73. The third-order valence-electron chi connectivity index (χ3n) is 3.72. The van der Waals surface area contributed by atoms with Crippen LogP contribution in [0.3, 0.4) is 0 Å². The third kappa shape index (κ3) is 4.01. The molecule has 0 radical (unpaired) electrons. The Hall–Kier alpha value is -2.91. The zero-order valence-corrected chi connectivity index (χ0v) is 14.7. The van der Waals surface area contributed by atoms with E-state index in [4.69, 9.17) is 4.74 Å². The summed E-state index contributed by atoms with van der Waals surface area (Å²) >= 11 is 0. The highest BCUT2D eigenvalue weighted by Gasteiger charge is 2.31. The lowest BCUT2D eigenvalue weighted by molar-refractivity contribution is -0.120. The van der Waals surface area contributed by atoms with Crippen molar-refractivity contribution in [1.82, 2.24) is 15.4 Å². The Bertz CT molecular complexity index is 941. The molecule has 0 spiro atoms. The van der Waals surface area contributed by atoms with Crippen molar-refractivity contribution in [3.8, 4) is 11.5 Å². The zero-order chi connectivity index (χ0) is 18.7. The molecular weight excluding hydrogens is 358 g/mol. The number of aryl methyl sites for hydroxylation is 1. The number of hydrogen-bond donors (Lipinski definition) is 3. The number of ether oxygens (including phenoxy) is 1. The van der Waals surface area contributed by atoms with E-state index in [2.05, 4.69) is 10.0 Å².